The molecule has 0 spiro atoms. The first-order valence-electron chi connectivity index (χ1n) is 5.17. The van der Waals surface area contributed by atoms with Gasteiger partial charge in [0.2, 0.25) is 11.6 Å². The maximum absolute atomic E-state index is 11.3. The van der Waals surface area contributed by atoms with Crippen molar-refractivity contribution >= 4 is 17.1 Å². The van der Waals surface area contributed by atoms with Gasteiger partial charge in [0.15, 0.2) is 0 Å². The third-order valence-corrected chi connectivity index (χ3v) is 2.55. The number of nitrogens with one attached hydrogen (secondary N) is 1. The van der Waals surface area contributed by atoms with Crippen molar-refractivity contribution in [3.05, 3.63) is 53.7 Å². The standard InChI is InChI=1S/C9H5N5O7/c15-8-7(11-17)9(16)12(10-8)5-2-1-4(13(18)19)3-6(5)14(20)21/h1-3,16H,(H,10,15). The molecule has 2 rings (SSSR count). The molecular formula is C9H5N5O7. The van der Waals surface area contributed by atoms with E-state index < -0.39 is 38.3 Å². The van der Waals surface area contributed by atoms with Crippen LogP contribution in [0.3, 0.4) is 0 Å². The number of non-ortho nitro benzene ring substituents is 1. The first-order valence-corrected chi connectivity index (χ1v) is 5.17. The molecule has 0 radical (unpaired) electrons. The molecule has 2 N–H and O–H groups in total. The van der Waals surface area contributed by atoms with Crippen LogP contribution >= 0.6 is 0 Å². The predicted molar refractivity (Wildman–Crippen MR) is 66.8 cm³/mol. The monoisotopic (exact) mass is 295 g/mol. The zero-order valence-electron chi connectivity index (χ0n) is 9.92. The number of nitro groups is 2. The predicted octanol–water partition coefficient (Wildman–Crippen LogP) is 1.09. The van der Waals surface area contributed by atoms with E-state index in [9.17, 15) is 35.0 Å². The normalized spacial score (nSPS) is 10.3. The highest BCUT2D eigenvalue weighted by molar-refractivity contribution is 5.60. The first-order chi connectivity index (χ1) is 9.86. The smallest absolute Gasteiger partial charge is 0.301 e. The topological polar surface area (TPSA) is 174 Å². The second kappa shape index (κ2) is 4.84. The Balaban J connectivity index is 2.75. The number of H-pyrrole nitrogens is 1. The number of nitro benzene ring substituents is 2. The van der Waals surface area contributed by atoms with Crippen molar-refractivity contribution in [3.63, 3.8) is 0 Å². The zero-order chi connectivity index (χ0) is 15.7. The van der Waals surface area contributed by atoms with Gasteiger partial charge in [-0.05, 0) is 11.2 Å². The second-order valence-corrected chi connectivity index (χ2v) is 3.73. The van der Waals surface area contributed by atoms with Gasteiger partial charge in [0.25, 0.3) is 11.2 Å². The summed E-state index contributed by atoms with van der Waals surface area (Å²) in [7, 11) is 0. The number of hydrogen-bond donors (Lipinski definition) is 2. The van der Waals surface area contributed by atoms with E-state index in [-0.39, 0.29) is 5.69 Å². The van der Waals surface area contributed by atoms with Crippen LogP contribution in [0.1, 0.15) is 0 Å². The average Bonchev–Trinajstić information content (AvgIpc) is 2.72. The maximum Gasteiger partial charge on any atom is 0.301 e. The molecule has 12 nitrogen and oxygen atoms in total. The number of aromatic hydroxyl groups is 1. The minimum absolute atomic E-state index is 0.366. The third kappa shape index (κ3) is 2.20. The van der Waals surface area contributed by atoms with Crippen LogP contribution in [0.2, 0.25) is 0 Å². The Hall–Kier alpha value is -3.57. The van der Waals surface area contributed by atoms with Crippen molar-refractivity contribution in [2.24, 2.45) is 5.18 Å². The summed E-state index contributed by atoms with van der Waals surface area (Å²) in [5.41, 5.74) is -3.58. The number of benzene rings is 1. The highest BCUT2D eigenvalue weighted by Gasteiger charge is 2.25. The van der Waals surface area contributed by atoms with Gasteiger partial charge in [-0.3, -0.25) is 30.1 Å². The molecular weight excluding hydrogens is 290 g/mol. The van der Waals surface area contributed by atoms with E-state index in [1.165, 1.54) is 0 Å². The molecule has 1 aromatic heterocycles. The highest BCUT2D eigenvalue weighted by Crippen LogP contribution is 2.32. The molecule has 0 aliphatic heterocycles. The van der Waals surface area contributed by atoms with Crippen molar-refractivity contribution < 1.29 is 15.0 Å². The van der Waals surface area contributed by atoms with Crippen LogP contribution in [0.5, 0.6) is 5.88 Å². The van der Waals surface area contributed by atoms with E-state index in [4.69, 9.17) is 0 Å². The maximum atomic E-state index is 11.3. The lowest BCUT2D eigenvalue weighted by Crippen LogP contribution is -2.06. The minimum Gasteiger partial charge on any atom is -0.491 e. The van der Waals surface area contributed by atoms with Gasteiger partial charge in [-0.15, -0.1) is 4.91 Å². The second-order valence-electron chi connectivity index (χ2n) is 3.73. The van der Waals surface area contributed by atoms with Crippen LogP contribution < -0.4 is 5.56 Å². The lowest BCUT2D eigenvalue weighted by Gasteiger charge is -2.04. The van der Waals surface area contributed by atoms with Gasteiger partial charge < -0.3 is 5.11 Å². The molecule has 12 heteroatoms. The van der Waals surface area contributed by atoms with Gasteiger partial charge in [0.05, 0.1) is 15.9 Å². The van der Waals surface area contributed by atoms with Crippen LogP contribution in [0.25, 0.3) is 5.69 Å². The van der Waals surface area contributed by atoms with E-state index in [2.05, 4.69) is 5.18 Å². The van der Waals surface area contributed by atoms with Gasteiger partial charge in [-0.1, -0.05) is 0 Å². The molecule has 1 aromatic carbocycles. The van der Waals surface area contributed by atoms with E-state index >= 15 is 0 Å². The summed E-state index contributed by atoms with van der Waals surface area (Å²) >= 11 is 0. The SMILES string of the molecule is O=Nc1c(O)n(-c2ccc([N+](=O)[O-])cc2[N+](=O)[O-])[nH]c1=O. The van der Waals surface area contributed by atoms with Crippen LogP contribution in [-0.4, -0.2) is 24.7 Å². The molecule has 0 saturated carbocycles. The molecule has 1 heterocycles. The number of nitrogens with zero attached hydrogens (tertiary/aromatic N) is 4. The van der Waals surface area contributed by atoms with Gasteiger partial charge in [-0.25, -0.2) is 4.68 Å². The number of aromatic amines is 1. The van der Waals surface area contributed by atoms with Crippen molar-refractivity contribution in [1.29, 1.82) is 0 Å². The van der Waals surface area contributed by atoms with Crippen LogP contribution in [0, 0.1) is 25.1 Å². The van der Waals surface area contributed by atoms with Crippen LogP contribution in [0.15, 0.2) is 28.2 Å². The Morgan fingerprint density at radius 2 is 1.90 bits per heavy atom. The quantitative estimate of drug-likeness (QED) is 0.481. The summed E-state index contributed by atoms with van der Waals surface area (Å²) in [4.78, 5) is 41.5. The molecule has 0 fully saturated rings. The third-order valence-electron chi connectivity index (χ3n) is 2.55. The Labute approximate surface area is 113 Å². The Bertz CT molecular complexity index is 820. The number of nitroso groups, excluding NO2 is 1. The lowest BCUT2D eigenvalue weighted by atomic mass is 10.2. The highest BCUT2D eigenvalue weighted by atomic mass is 16.6. The molecule has 108 valence electrons. The summed E-state index contributed by atoms with van der Waals surface area (Å²) in [6.45, 7) is 0. The molecule has 2 aromatic rings. The van der Waals surface area contributed by atoms with Crippen molar-refractivity contribution in [3.8, 4) is 11.6 Å². The van der Waals surface area contributed by atoms with Crippen molar-refractivity contribution in [2.75, 3.05) is 0 Å². The molecule has 0 atom stereocenters. The molecule has 0 saturated heterocycles. The summed E-state index contributed by atoms with van der Waals surface area (Å²) in [6.07, 6.45) is 0. The van der Waals surface area contributed by atoms with E-state index in [0.717, 1.165) is 12.1 Å². The molecule has 0 aliphatic carbocycles. The fraction of sp³-hybridized carbons (Fsp3) is 0. The molecule has 0 unspecified atom stereocenters. The summed E-state index contributed by atoms with van der Waals surface area (Å²) < 4.78 is 0.543. The fourth-order valence-corrected chi connectivity index (χ4v) is 1.63. The minimum atomic E-state index is -1.06. The number of rotatable bonds is 4. The van der Waals surface area contributed by atoms with Gasteiger partial charge in [0.1, 0.15) is 5.69 Å². The van der Waals surface area contributed by atoms with Crippen LogP contribution in [-0.2, 0) is 0 Å². The van der Waals surface area contributed by atoms with Crippen molar-refractivity contribution in [1.82, 2.24) is 9.78 Å². The molecule has 21 heavy (non-hydrogen) atoms. The molecule has 0 bridgehead atoms. The zero-order valence-corrected chi connectivity index (χ0v) is 9.92. The van der Waals surface area contributed by atoms with Gasteiger partial charge in [0, 0.05) is 6.07 Å². The Morgan fingerprint density at radius 1 is 1.24 bits per heavy atom. The summed E-state index contributed by atoms with van der Waals surface area (Å²) in [5.74, 6) is -0.938. The Morgan fingerprint density at radius 3 is 2.38 bits per heavy atom. The van der Waals surface area contributed by atoms with E-state index in [1.54, 1.807) is 0 Å². The van der Waals surface area contributed by atoms with Crippen LogP contribution in [0.4, 0.5) is 17.1 Å². The van der Waals surface area contributed by atoms with E-state index in [1.807, 2.05) is 5.10 Å². The molecule has 0 amide bonds. The van der Waals surface area contributed by atoms with Gasteiger partial charge >= 0.3 is 5.69 Å². The average molecular weight is 295 g/mol. The summed E-state index contributed by atoms with van der Waals surface area (Å²) in [6, 6.07) is 2.54. The largest absolute Gasteiger partial charge is 0.491 e. The van der Waals surface area contributed by atoms with E-state index in [0.29, 0.717) is 10.7 Å². The molecule has 0 aliphatic rings. The first kappa shape index (κ1) is 13.9. The fourth-order valence-electron chi connectivity index (χ4n) is 1.63. The Kier molecular flexibility index (Phi) is 3.19. The summed E-state index contributed by atoms with van der Waals surface area (Å²) in [5, 5.41) is 35.5. The number of aromatic nitrogens is 2. The van der Waals surface area contributed by atoms with Crippen molar-refractivity contribution in [2.45, 2.75) is 0 Å². The lowest BCUT2D eigenvalue weighted by molar-refractivity contribution is -0.394. The van der Waals surface area contributed by atoms with Gasteiger partial charge in [-0.2, -0.15) is 0 Å². The number of hydrogen-bond acceptors (Lipinski definition) is 8.